The number of hydrogen-bond donors (Lipinski definition) is 0. The third kappa shape index (κ3) is 4.90. The lowest BCUT2D eigenvalue weighted by Gasteiger charge is -2.29. The molecule has 3 rings (SSSR count). The Kier molecular flexibility index (Phi) is 6.03. The van der Waals surface area contributed by atoms with Crippen molar-refractivity contribution >= 4 is 16.0 Å². The summed E-state index contributed by atoms with van der Waals surface area (Å²) in [5.41, 5.74) is 0.793. The van der Waals surface area contributed by atoms with Gasteiger partial charge in [0.05, 0.1) is 0 Å². The molecule has 0 unspecified atom stereocenters. The van der Waals surface area contributed by atoms with Gasteiger partial charge in [0.25, 0.3) is 0 Å². The first-order chi connectivity index (χ1) is 13.3. The van der Waals surface area contributed by atoms with Crippen molar-refractivity contribution in [2.75, 3.05) is 0 Å². The van der Waals surface area contributed by atoms with E-state index in [4.69, 9.17) is 4.18 Å². The van der Waals surface area contributed by atoms with Gasteiger partial charge in [0.15, 0.2) is 0 Å². The summed E-state index contributed by atoms with van der Waals surface area (Å²) < 4.78 is 43.0. The molecule has 0 saturated heterocycles. The number of hydrogen-bond acceptors (Lipinski definition) is 4. The van der Waals surface area contributed by atoms with Crippen LogP contribution in [-0.4, -0.2) is 25.3 Å². The van der Waals surface area contributed by atoms with Crippen LogP contribution < -0.4 is 4.18 Å². The van der Waals surface area contributed by atoms with Crippen molar-refractivity contribution in [3.05, 3.63) is 59.9 Å². The minimum Gasteiger partial charge on any atom is -0.379 e. The van der Waals surface area contributed by atoms with Crippen LogP contribution >= 0.6 is 0 Å². The molecule has 7 heteroatoms. The molecule has 1 aliphatic carbocycles. The molecule has 1 fully saturated rings. The number of carbonyl (C=O) groups excluding carboxylic acids is 1. The highest BCUT2D eigenvalue weighted by Crippen LogP contribution is 2.33. The average Bonchev–Trinajstić information content (AvgIpc) is 3.50. The van der Waals surface area contributed by atoms with E-state index in [0.717, 1.165) is 49.1 Å². The summed E-state index contributed by atoms with van der Waals surface area (Å²) in [5.74, 6) is -0.0944. The van der Waals surface area contributed by atoms with Crippen LogP contribution in [0.25, 0.3) is 0 Å². The van der Waals surface area contributed by atoms with E-state index in [1.54, 1.807) is 18.2 Å². The summed E-state index contributed by atoms with van der Waals surface area (Å²) in [6.45, 7) is 4.45. The van der Waals surface area contributed by atoms with E-state index in [1.165, 1.54) is 0 Å². The van der Waals surface area contributed by atoms with Gasteiger partial charge in [0.2, 0.25) is 5.91 Å². The molecule has 0 bridgehead atoms. The number of nitrogens with zero attached hydrogens (tertiary/aromatic N) is 1. The molecule has 0 N–H and O–H groups in total. The molecule has 0 aromatic heterocycles. The normalized spacial score (nSPS) is 15.1. The molecule has 5 nitrogen and oxygen atoms in total. The second-order valence-electron chi connectivity index (χ2n) is 7.14. The smallest absolute Gasteiger partial charge is 0.339 e. The van der Waals surface area contributed by atoms with Crippen LogP contribution in [0.1, 0.15) is 38.7 Å². The second-order valence-corrected chi connectivity index (χ2v) is 8.68. The van der Waals surface area contributed by atoms with Crippen molar-refractivity contribution in [2.45, 2.75) is 50.6 Å². The molecule has 0 aliphatic heterocycles. The highest BCUT2D eigenvalue weighted by molar-refractivity contribution is 7.87. The lowest BCUT2D eigenvalue weighted by atomic mass is 10.1. The number of halogens is 1. The van der Waals surface area contributed by atoms with E-state index in [-0.39, 0.29) is 28.5 Å². The molecule has 1 saturated carbocycles. The zero-order valence-electron chi connectivity index (χ0n) is 16.0. The molecule has 2 aromatic rings. The minimum absolute atomic E-state index is 0.0978. The first kappa shape index (κ1) is 20.3. The highest BCUT2D eigenvalue weighted by Gasteiger charge is 2.34. The first-order valence-corrected chi connectivity index (χ1v) is 10.8. The summed E-state index contributed by atoms with van der Waals surface area (Å²) in [6.07, 6.45) is 2.71. The Morgan fingerprint density at radius 1 is 1.21 bits per heavy atom. The van der Waals surface area contributed by atoms with Gasteiger partial charge in [0, 0.05) is 18.5 Å². The zero-order chi connectivity index (χ0) is 20.3. The van der Waals surface area contributed by atoms with Crippen molar-refractivity contribution in [2.24, 2.45) is 5.92 Å². The Morgan fingerprint density at radius 3 is 2.50 bits per heavy atom. The van der Waals surface area contributed by atoms with Gasteiger partial charge in [-0.05, 0) is 68.1 Å². The monoisotopic (exact) mass is 405 g/mol. The second kappa shape index (κ2) is 8.31. The molecule has 1 amide bonds. The van der Waals surface area contributed by atoms with Gasteiger partial charge in [-0.2, -0.15) is 8.42 Å². The van der Waals surface area contributed by atoms with Gasteiger partial charge in [-0.3, -0.25) is 4.79 Å². The number of amides is 1. The van der Waals surface area contributed by atoms with E-state index in [1.807, 2.05) is 24.8 Å². The van der Waals surface area contributed by atoms with E-state index in [0.29, 0.717) is 6.54 Å². The van der Waals surface area contributed by atoms with Gasteiger partial charge >= 0.3 is 10.1 Å². The Morgan fingerprint density at radius 2 is 1.89 bits per heavy atom. The first-order valence-electron chi connectivity index (χ1n) is 9.39. The predicted molar refractivity (Wildman–Crippen MR) is 104 cm³/mol. The van der Waals surface area contributed by atoms with Crippen LogP contribution in [0, 0.1) is 11.7 Å². The van der Waals surface area contributed by atoms with Gasteiger partial charge in [-0.15, -0.1) is 0 Å². The summed E-state index contributed by atoms with van der Waals surface area (Å²) in [5, 5.41) is 0. The van der Waals surface area contributed by atoms with E-state index >= 15 is 0 Å². The maximum atomic E-state index is 13.0. The van der Waals surface area contributed by atoms with Crippen molar-refractivity contribution in [1.29, 1.82) is 0 Å². The van der Waals surface area contributed by atoms with Gasteiger partial charge in [0.1, 0.15) is 16.5 Å². The molecule has 0 radical (unpaired) electrons. The van der Waals surface area contributed by atoms with Gasteiger partial charge in [-0.25, -0.2) is 4.39 Å². The Labute approximate surface area is 165 Å². The van der Waals surface area contributed by atoms with Crippen molar-refractivity contribution in [3.8, 4) is 5.75 Å². The topological polar surface area (TPSA) is 63.7 Å². The fourth-order valence-corrected chi connectivity index (χ4v) is 3.83. The molecular formula is C21H24FNO4S. The Balaban J connectivity index is 1.77. The SMILES string of the molecule is CC[C@@H](C)N(Cc1cccc(OS(=O)(=O)c2ccc(F)cc2)c1)C(=O)C1CC1. The highest BCUT2D eigenvalue weighted by atomic mass is 32.2. The van der Waals surface area contributed by atoms with Crippen molar-refractivity contribution < 1.29 is 21.8 Å². The molecule has 28 heavy (non-hydrogen) atoms. The molecule has 150 valence electrons. The third-order valence-electron chi connectivity index (χ3n) is 4.89. The number of rotatable bonds is 8. The maximum absolute atomic E-state index is 13.0. The van der Waals surface area contributed by atoms with Gasteiger partial charge < -0.3 is 9.08 Å². The molecule has 1 atom stereocenters. The summed E-state index contributed by atoms with van der Waals surface area (Å²) in [6, 6.07) is 11.3. The summed E-state index contributed by atoms with van der Waals surface area (Å²) >= 11 is 0. The largest absolute Gasteiger partial charge is 0.379 e. The Hall–Kier alpha value is -2.41. The third-order valence-corrected chi connectivity index (χ3v) is 6.15. The van der Waals surface area contributed by atoms with Crippen molar-refractivity contribution in [3.63, 3.8) is 0 Å². The van der Waals surface area contributed by atoms with E-state index in [9.17, 15) is 17.6 Å². The van der Waals surface area contributed by atoms with E-state index in [2.05, 4.69) is 0 Å². The van der Waals surface area contributed by atoms with Gasteiger partial charge in [-0.1, -0.05) is 19.1 Å². The molecule has 2 aromatic carbocycles. The lowest BCUT2D eigenvalue weighted by molar-refractivity contribution is -0.135. The van der Waals surface area contributed by atoms with Crippen molar-refractivity contribution in [1.82, 2.24) is 4.90 Å². The fraction of sp³-hybridized carbons (Fsp3) is 0.381. The average molecular weight is 405 g/mol. The summed E-state index contributed by atoms with van der Waals surface area (Å²) in [4.78, 5) is 14.3. The predicted octanol–water partition coefficient (Wildman–Crippen LogP) is 4.13. The maximum Gasteiger partial charge on any atom is 0.339 e. The molecular weight excluding hydrogens is 381 g/mol. The standard InChI is InChI=1S/C21H24FNO4S/c1-3-15(2)23(21(24)17-7-8-17)14-16-5-4-6-19(13-16)27-28(25,26)20-11-9-18(22)10-12-20/h4-6,9-13,15,17H,3,7-8,14H2,1-2H3/t15-/m1/s1. The fourth-order valence-electron chi connectivity index (χ4n) is 2.90. The van der Waals surface area contributed by atoms with Crippen LogP contribution in [0.15, 0.2) is 53.4 Å². The molecule has 0 heterocycles. The number of carbonyl (C=O) groups is 1. The lowest BCUT2D eigenvalue weighted by Crippen LogP contribution is -2.38. The van der Waals surface area contributed by atoms with Crippen LogP contribution in [0.4, 0.5) is 4.39 Å². The van der Waals surface area contributed by atoms with E-state index < -0.39 is 15.9 Å². The van der Waals surface area contributed by atoms with Crippen LogP contribution in [0.5, 0.6) is 5.75 Å². The van der Waals surface area contributed by atoms with Crippen LogP contribution in [0.2, 0.25) is 0 Å². The molecule has 0 spiro atoms. The van der Waals surface area contributed by atoms with Crippen LogP contribution in [0.3, 0.4) is 0 Å². The molecule has 1 aliphatic rings. The van der Waals surface area contributed by atoms with Crippen LogP contribution in [-0.2, 0) is 21.5 Å². The summed E-state index contributed by atoms with van der Waals surface area (Å²) in [7, 11) is -4.06. The zero-order valence-corrected chi connectivity index (χ0v) is 16.8. The quantitative estimate of drug-likeness (QED) is 0.620. The minimum atomic E-state index is -4.06. The Bertz CT molecular complexity index is 939. The number of benzene rings is 2.